The Bertz CT molecular complexity index is 2220. The number of aromatic nitrogens is 9. The fourth-order valence-corrected chi connectivity index (χ4v) is 4.99. The van der Waals surface area contributed by atoms with Crippen molar-refractivity contribution < 1.29 is 0 Å². The number of hydrogen-bond donors (Lipinski definition) is 2. The fourth-order valence-electron chi connectivity index (χ4n) is 4.67. The van der Waals surface area contributed by atoms with Crippen LogP contribution in [0, 0.1) is 0 Å². The van der Waals surface area contributed by atoms with E-state index in [1.807, 2.05) is 85.1 Å². The van der Waals surface area contributed by atoms with Gasteiger partial charge in [-0.2, -0.15) is 10.2 Å². The third kappa shape index (κ3) is 8.99. The first-order valence-electron chi connectivity index (χ1n) is 15.8. The van der Waals surface area contributed by atoms with Crippen molar-refractivity contribution >= 4 is 73.4 Å². The summed E-state index contributed by atoms with van der Waals surface area (Å²) in [5.41, 5.74) is 7.44. The van der Waals surface area contributed by atoms with Crippen LogP contribution < -0.4 is 10.6 Å². The maximum absolute atomic E-state index is 4.67. The van der Waals surface area contributed by atoms with E-state index >= 15 is 0 Å². The van der Waals surface area contributed by atoms with Crippen molar-refractivity contribution in [3.8, 4) is 0 Å². The first-order valence-corrected chi connectivity index (χ1v) is 16.6. The highest BCUT2D eigenvalue weighted by Crippen LogP contribution is 2.22. The second-order valence-electron chi connectivity index (χ2n) is 11.8. The van der Waals surface area contributed by atoms with Crippen LogP contribution in [0.1, 0.15) is 61.9 Å². The van der Waals surface area contributed by atoms with Crippen molar-refractivity contribution in [3.63, 3.8) is 0 Å². The average molecular weight is 713 g/mol. The molecule has 0 amide bonds. The van der Waals surface area contributed by atoms with Crippen molar-refractivity contribution in [2.45, 2.75) is 39.5 Å². The van der Waals surface area contributed by atoms with Gasteiger partial charge in [0.05, 0.1) is 40.2 Å². The summed E-state index contributed by atoms with van der Waals surface area (Å²) in [5.74, 6) is 3.59. The molecule has 7 rings (SSSR count). The highest BCUT2D eigenvalue weighted by molar-refractivity contribution is 9.10. The molecule has 12 heteroatoms. The topological polar surface area (TPSA) is 140 Å². The first kappa shape index (κ1) is 33.2. The smallest absolute Gasteiger partial charge is 0.154 e. The standard InChI is InChI=1S/C22H20N6.C15H14BrN5/c1-15(2)17-12-22(28-25-14-17)27-21-9-8-19-20(26-21)11-16(13-24-19)6-7-18-5-3-4-10-23-18;1-9(2)10-5-15(21-18-7-10)20-14-4-3-12-13(19-14)6-11(16)8-17-12/h3-15H,1-2H3,(H,26,27,28);3-9H,1-2H3,(H,19,20,21)/b7-6+;. The quantitative estimate of drug-likeness (QED) is 0.156. The van der Waals surface area contributed by atoms with Gasteiger partial charge in [-0.1, -0.05) is 39.8 Å². The maximum Gasteiger partial charge on any atom is 0.154 e. The fraction of sp³-hybridized carbons (Fsp3) is 0.162. The van der Waals surface area contributed by atoms with E-state index < -0.39 is 0 Å². The summed E-state index contributed by atoms with van der Waals surface area (Å²) in [6, 6.07) is 21.4. The summed E-state index contributed by atoms with van der Waals surface area (Å²) < 4.78 is 0.904. The molecule has 0 aromatic carbocycles. The number of nitrogens with one attached hydrogen (secondary N) is 2. The Morgan fingerprint density at radius 1 is 0.571 bits per heavy atom. The zero-order valence-corrected chi connectivity index (χ0v) is 29.0. The Kier molecular flexibility index (Phi) is 10.4. The van der Waals surface area contributed by atoms with E-state index in [2.05, 4.69) is 99.6 Å². The monoisotopic (exact) mass is 711 g/mol. The minimum Gasteiger partial charge on any atom is -0.323 e. The summed E-state index contributed by atoms with van der Waals surface area (Å²) >= 11 is 3.40. The van der Waals surface area contributed by atoms with E-state index in [4.69, 9.17) is 0 Å². The molecule has 0 radical (unpaired) electrons. The minimum absolute atomic E-state index is 0.387. The van der Waals surface area contributed by atoms with Gasteiger partial charge < -0.3 is 10.6 Å². The van der Waals surface area contributed by atoms with E-state index in [0.29, 0.717) is 29.3 Å². The summed E-state index contributed by atoms with van der Waals surface area (Å²) in [5, 5.41) is 22.7. The van der Waals surface area contributed by atoms with Crippen LogP contribution in [0.2, 0.25) is 0 Å². The van der Waals surface area contributed by atoms with Crippen LogP contribution in [0.15, 0.2) is 102 Å². The number of hydrogen-bond acceptors (Lipinski definition) is 11. The zero-order valence-electron chi connectivity index (χ0n) is 27.4. The predicted octanol–water partition coefficient (Wildman–Crippen LogP) is 8.90. The molecule has 2 N–H and O–H groups in total. The van der Waals surface area contributed by atoms with Crippen molar-refractivity contribution in [2.75, 3.05) is 10.6 Å². The van der Waals surface area contributed by atoms with E-state index in [9.17, 15) is 0 Å². The lowest BCUT2D eigenvalue weighted by molar-refractivity contribution is 0.843. The second-order valence-corrected chi connectivity index (χ2v) is 12.7. The number of rotatable bonds is 8. The zero-order chi connectivity index (χ0) is 34.2. The molecule has 7 aromatic heterocycles. The molecule has 0 fully saturated rings. The van der Waals surface area contributed by atoms with Crippen molar-refractivity contribution in [3.05, 3.63) is 125 Å². The molecule has 0 saturated heterocycles. The number of pyridine rings is 5. The molecule has 49 heavy (non-hydrogen) atoms. The summed E-state index contributed by atoms with van der Waals surface area (Å²) in [6.07, 6.45) is 12.9. The maximum atomic E-state index is 4.67. The molecule has 0 saturated carbocycles. The third-order valence-corrected chi connectivity index (χ3v) is 7.83. The van der Waals surface area contributed by atoms with E-state index in [1.165, 1.54) is 0 Å². The van der Waals surface area contributed by atoms with E-state index in [1.54, 1.807) is 24.8 Å². The molecule has 0 aliphatic heterocycles. The molecule has 0 unspecified atom stereocenters. The number of halogens is 1. The predicted molar refractivity (Wildman–Crippen MR) is 199 cm³/mol. The molecule has 0 atom stereocenters. The van der Waals surface area contributed by atoms with Gasteiger partial charge in [0.25, 0.3) is 0 Å². The summed E-state index contributed by atoms with van der Waals surface area (Å²) in [4.78, 5) is 22.3. The molecular weight excluding hydrogens is 678 g/mol. The highest BCUT2D eigenvalue weighted by Gasteiger charge is 2.07. The van der Waals surface area contributed by atoms with Gasteiger partial charge in [0, 0.05) is 23.1 Å². The molecule has 0 spiro atoms. The Labute approximate surface area is 292 Å². The number of nitrogens with zero attached hydrogens (tertiary/aromatic N) is 9. The van der Waals surface area contributed by atoms with Gasteiger partial charge in [-0.25, -0.2) is 9.97 Å². The van der Waals surface area contributed by atoms with Crippen molar-refractivity contribution in [1.29, 1.82) is 0 Å². The molecular formula is C37H34BrN11. The van der Waals surface area contributed by atoms with Crippen LogP contribution in [-0.4, -0.2) is 45.3 Å². The lowest BCUT2D eigenvalue weighted by atomic mass is 10.1. The van der Waals surface area contributed by atoms with E-state index in [-0.39, 0.29) is 0 Å². The SMILES string of the molecule is CC(C)c1cnnc(Nc2ccc3ncc(/C=C/c4ccccn4)cc3n2)c1.CC(C)c1cnnc(Nc2ccc3ncc(Br)cc3n2)c1. The average Bonchev–Trinajstić information content (AvgIpc) is 3.11. The third-order valence-electron chi connectivity index (χ3n) is 7.39. The Balaban J connectivity index is 0.000000177. The molecule has 0 bridgehead atoms. The van der Waals surface area contributed by atoms with Gasteiger partial charge in [-0.05, 0) is 111 Å². The van der Waals surface area contributed by atoms with Crippen LogP contribution in [0.3, 0.4) is 0 Å². The van der Waals surface area contributed by atoms with Crippen LogP contribution in [0.25, 0.3) is 34.2 Å². The molecule has 11 nitrogen and oxygen atoms in total. The number of fused-ring (bicyclic) bond motifs is 2. The molecule has 7 heterocycles. The van der Waals surface area contributed by atoms with Crippen molar-refractivity contribution in [1.82, 2.24) is 45.3 Å². The Morgan fingerprint density at radius 2 is 1.16 bits per heavy atom. The highest BCUT2D eigenvalue weighted by atomic mass is 79.9. The van der Waals surface area contributed by atoms with Crippen LogP contribution in [0.4, 0.5) is 23.3 Å². The van der Waals surface area contributed by atoms with Gasteiger partial charge in [0.15, 0.2) is 11.6 Å². The largest absolute Gasteiger partial charge is 0.323 e. The molecule has 0 aliphatic carbocycles. The summed E-state index contributed by atoms with van der Waals surface area (Å²) in [7, 11) is 0. The molecule has 0 aliphatic rings. The van der Waals surface area contributed by atoms with Gasteiger partial charge in [0.1, 0.15) is 11.6 Å². The van der Waals surface area contributed by atoms with E-state index in [0.717, 1.165) is 54.7 Å². The van der Waals surface area contributed by atoms with Crippen molar-refractivity contribution in [2.24, 2.45) is 0 Å². The second kappa shape index (κ2) is 15.4. The molecule has 7 aromatic rings. The lowest BCUT2D eigenvalue weighted by Crippen LogP contribution is -2.00. The van der Waals surface area contributed by atoms with Gasteiger partial charge in [-0.15, -0.1) is 10.2 Å². The van der Waals surface area contributed by atoms with Crippen LogP contribution >= 0.6 is 15.9 Å². The van der Waals surface area contributed by atoms with Gasteiger partial charge >= 0.3 is 0 Å². The van der Waals surface area contributed by atoms with Gasteiger partial charge in [0.2, 0.25) is 0 Å². The number of anilines is 4. The molecule has 244 valence electrons. The lowest BCUT2D eigenvalue weighted by Gasteiger charge is -2.08. The minimum atomic E-state index is 0.387. The van der Waals surface area contributed by atoms with Crippen LogP contribution in [0.5, 0.6) is 0 Å². The Hall–Kier alpha value is -5.75. The van der Waals surface area contributed by atoms with Gasteiger partial charge in [-0.3, -0.25) is 15.0 Å². The van der Waals surface area contributed by atoms with Crippen LogP contribution in [-0.2, 0) is 0 Å². The summed E-state index contributed by atoms with van der Waals surface area (Å²) in [6.45, 7) is 8.50. The Morgan fingerprint density at radius 3 is 1.73 bits per heavy atom. The first-order chi connectivity index (χ1) is 23.8. The normalized spacial score (nSPS) is 11.2.